The van der Waals surface area contributed by atoms with Crippen LogP contribution in [0.5, 0.6) is 0 Å². The molecule has 2 unspecified atom stereocenters. The molecule has 0 saturated heterocycles. The average Bonchev–Trinajstić information content (AvgIpc) is 2.60. The molecule has 3 heteroatoms. The van der Waals surface area contributed by atoms with Gasteiger partial charge in [0.05, 0.1) is 12.1 Å². The van der Waals surface area contributed by atoms with E-state index >= 15 is 0 Å². The molecule has 3 rings (SSSR count). The molecular weight excluding hydrogens is 188 g/mol. The predicted octanol–water partition coefficient (Wildman–Crippen LogP) is 1.58. The van der Waals surface area contributed by atoms with Crippen LogP contribution in [-0.4, -0.2) is 15.6 Å². The van der Waals surface area contributed by atoms with Crippen LogP contribution in [-0.2, 0) is 18.3 Å². The van der Waals surface area contributed by atoms with Crippen LogP contribution in [0.15, 0.2) is 12.3 Å². The summed E-state index contributed by atoms with van der Waals surface area (Å²) in [5, 5.41) is 4.25. The third-order valence-corrected chi connectivity index (χ3v) is 3.90. The molecule has 1 heterocycles. The summed E-state index contributed by atoms with van der Waals surface area (Å²) >= 11 is 0. The number of fused-ring (bicyclic) bond motifs is 1. The number of rotatable bonds is 3. The van der Waals surface area contributed by atoms with Crippen molar-refractivity contribution in [1.82, 2.24) is 9.78 Å². The van der Waals surface area contributed by atoms with Gasteiger partial charge in [0.25, 0.3) is 0 Å². The zero-order valence-electron chi connectivity index (χ0n) is 9.02. The molecule has 0 N–H and O–H groups in total. The standard InChI is InChI=1S/C12H16N2O/c1-14-6-5-8(13-14)7-11(15)12-9-3-2-4-10(9)12/h5-6,9-10,12H,2-4,7H2,1H3. The first-order valence-electron chi connectivity index (χ1n) is 5.77. The summed E-state index contributed by atoms with van der Waals surface area (Å²) in [6, 6.07) is 1.94. The summed E-state index contributed by atoms with van der Waals surface area (Å²) in [6.45, 7) is 0. The minimum absolute atomic E-state index is 0.390. The molecule has 15 heavy (non-hydrogen) atoms. The Morgan fingerprint density at radius 2 is 2.27 bits per heavy atom. The molecule has 0 aliphatic heterocycles. The second kappa shape index (κ2) is 3.19. The number of nitrogens with zero attached hydrogens (tertiary/aromatic N) is 2. The fraction of sp³-hybridized carbons (Fsp3) is 0.667. The van der Waals surface area contributed by atoms with E-state index < -0.39 is 0 Å². The Balaban J connectivity index is 1.63. The summed E-state index contributed by atoms with van der Waals surface area (Å²) in [6.07, 6.45) is 6.34. The van der Waals surface area contributed by atoms with E-state index in [4.69, 9.17) is 0 Å². The van der Waals surface area contributed by atoms with Crippen molar-refractivity contribution in [3.8, 4) is 0 Å². The quantitative estimate of drug-likeness (QED) is 0.749. The van der Waals surface area contributed by atoms with Gasteiger partial charge in [-0.3, -0.25) is 9.48 Å². The normalized spacial score (nSPS) is 32.7. The van der Waals surface area contributed by atoms with Crippen LogP contribution in [0.1, 0.15) is 25.0 Å². The maximum atomic E-state index is 11.9. The molecule has 2 saturated carbocycles. The summed E-state index contributed by atoms with van der Waals surface area (Å²) in [4.78, 5) is 11.9. The van der Waals surface area contributed by atoms with Gasteiger partial charge in [0.2, 0.25) is 0 Å². The lowest BCUT2D eigenvalue weighted by atomic mass is 10.0. The molecule has 3 nitrogen and oxygen atoms in total. The first-order valence-corrected chi connectivity index (χ1v) is 5.77. The number of carbonyl (C=O) groups is 1. The predicted molar refractivity (Wildman–Crippen MR) is 56.2 cm³/mol. The van der Waals surface area contributed by atoms with Gasteiger partial charge in [-0.2, -0.15) is 5.10 Å². The van der Waals surface area contributed by atoms with E-state index in [0.29, 0.717) is 18.1 Å². The lowest BCUT2D eigenvalue weighted by Gasteiger charge is -2.00. The largest absolute Gasteiger partial charge is 0.299 e. The van der Waals surface area contributed by atoms with Crippen LogP contribution < -0.4 is 0 Å². The molecule has 0 aromatic carbocycles. The second-order valence-corrected chi connectivity index (χ2v) is 4.91. The van der Waals surface area contributed by atoms with Crippen molar-refractivity contribution >= 4 is 5.78 Å². The molecule has 2 aliphatic carbocycles. The molecule has 2 fully saturated rings. The van der Waals surface area contributed by atoms with Gasteiger partial charge in [-0.15, -0.1) is 0 Å². The van der Waals surface area contributed by atoms with Crippen LogP contribution in [0.25, 0.3) is 0 Å². The zero-order chi connectivity index (χ0) is 10.4. The second-order valence-electron chi connectivity index (χ2n) is 4.91. The molecule has 80 valence electrons. The highest BCUT2D eigenvalue weighted by Gasteiger charge is 2.55. The number of aryl methyl sites for hydroxylation is 1. The highest BCUT2D eigenvalue weighted by atomic mass is 16.1. The lowest BCUT2D eigenvalue weighted by molar-refractivity contribution is -0.120. The zero-order valence-corrected chi connectivity index (χ0v) is 9.02. The van der Waals surface area contributed by atoms with Crippen molar-refractivity contribution in [2.45, 2.75) is 25.7 Å². The number of aromatic nitrogens is 2. The Morgan fingerprint density at radius 3 is 2.87 bits per heavy atom. The molecule has 2 atom stereocenters. The molecule has 1 aromatic heterocycles. The smallest absolute Gasteiger partial charge is 0.142 e. The number of hydrogen-bond donors (Lipinski definition) is 0. The Bertz CT molecular complexity index is 386. The summed E-state index contributed by atoms with van der Waals surface area (Å²) in [5.41, 5.74) is 0.924. The summed E-state index contributed by atoms with van der Waals surface area (Å²) in [7, 11) is 1.89. The Labute approximate surface area is 89.5 Å². The molecule has 0 bridgehead atoms. The topological polar surface area (TPSA) is 34.9 Å². The summed E-state index contributed by atoms with van der Waals surface area (Å²) in [5.74, 6) is 2.28. The van der Waals surface area contributed by atoms with Gasteiger partial charge >= 0.3 is 0 Å². The van der Waals surface area contributed by atoms with E-state index in [-0.39, 0.29) is 0 Å². The van der Waals surface area contributed by atoms with E-state index in [0.717, 1.165) is 17.5 Å². The van der Waals surface area contributed by atoms with Crippen LogP contribution in [0, 0.1) is 17.8 Å². The minimum atomic E-state index is 0.390. The van der Waals surface area contributed by atoms with Crippen molar-refractivity contribution in [1.29, 1.82) is 0 Å². The van der Waals surface area contributed by atoms with Gasteiger partial charge in [-0.1, -0.05) is 6.42 Å². The molecular formula is C12H16N2O. The van der Waals surface area contributed by atoms with E-state index in [1.165, 1.54) is 19.3 Å². The number of hydrogen-bond acceptors (Lipinski definition) is 2. The van der Waals surface area contributed by atoms with Crippen molar-refractivity contribution in [2.24, 2.45) is 24.8 Å². The third-order valence-electron chi connectivity index (χ3n) is 3.90. The molecule has 2 aliphatic rings. The van der Waals surface area contributed by atoms with Crippen LogP contribution in [0.3, 0.4) is 0 Å². The van der Waals surface area contributed by atoms with Gasteiger partial charge in [0.15, 0.2) is 0 Å². The average molecular weight is 204 g/mol. The molecule has 0 amide bonds. The number of carbonyl (C=O) groups excluding carboxylic acids is 1. The first kappa shape index (κ1) is 9.13. The van der Waals surface area contributed by atoms with E-state index in [2.05, 4.69) is 5.10 Å². The Morgan fingerprint density at radius 1 is 1.53 bits per heavy atom. The fourth-order valence-electron chi connectivity index (χ4n) is 3.15. The van der Waals surface area contributed by atoms with Gasteiger partial charge in [0.1, 0.15) is 5.78 Å². The summed E-state index contributed by atoms with van der Waals surface area (Å²) < 4.78 is 1.76. The third kappa shape index (κ3) is 1.50. The van der Waals surface area contributed by atoms with Crippen LogP contribution in [0.4, 0.5) is 0 Å². The van der Waals surface area contributed by atoms with Gasteiger partial charge in [-0.05, 0) is 30.7 Å². The Hall–Kier alpha value is -1.12. The van der Waals surface area contributed by atoms with Gasteiger partial charge < -0.3 is 0 Å². The van der Waals surface area contributed by atoms with Crippen molar-refractivity contribution in [3.63, 3.8) is 0 Å². The molecule has 0 radical (unpaired) electrons. The van der Waals surface area contributed by atoms with Crippen molar-refractivity contribution < 1.29 is 4.79 Å². The van der Waals surface area contributed by atoms with Gasteiger partial charge in [0, 0.05) is 19.2 Å². The van der Waals surface area contributed by atoms with E-state index in [1.807, 2.05) is 19.3 Å². The van der Waals surface area contributed by atoms with E-state index in [1.54, 1.807) is 4.68 Å². The number of Topliss-reactive ketones (excluding diaryl/α,β-unsaturated/α-hetero) is 1. The Kier molecular flexibility index (Phi) is 1.94. The van der Waals surface area contributed by atoms with Crippen LogP contribution >= 0.6 is 0 Å². The maximum Gasteiger partial charge on any atom is 0.142 e. The highest BCUT2D eigenvalue weighted by molar-refractivity contribution is 5.86. The van der Waals surface area contributed by atoms with Crippen molar-refractivity contribution in [2.75, 3.05) is 0 Å². The minimum Gasteiger partial charge on any atom is -0.299 e. The van der Waals surface area contributed by atoms with E-state index in [9.17, 15) is 4.79 Å². The SMILES string of the molecule is Cn1ccc(CC(=O)C2C3CCCC32)n1. The lowest BCUT2D eigenvalue weighted by Crippen LogP contribution is -2.09. The van der Waals surface area contributed by atoms with Gasteiger partial charge in [-0.25, -0.2) is 0 Å². The fourth-order valence-corrected chi connectivity index (χ4v) is 3.15. The monoisotopic (exact) mass is 204 g/mol. The highest BCUT2D eigenvalue weighted by Crippen LogP contribution is 2.57. The van der Waals surface area contributed by atoms with Crippen LogP contribution in [0.2, 0.25) is 0 Å². The molecule has 0 spiro atoms. The first-order chi connectivity index (χ1) is 7.25. The van der Waals surface area contributed by atoms with Crippen molar-refractivity contribution in [3.05, 3.63) is 18.0 Å². The maximum absolute atomic E-state index is 11.9. The number of ketones is 1. The molecule has 1 aromatic rings.